The standard InChI is InChI=1S/C42H66O14/c1-19-10-15-41(36(49)50)16-17-42(37(51)52)22(27(41)20(19)2)8-9-25-39(6)13-12-26(38(4,5)24(39)11-14-40(25,42)7)55-35-32(48)33(28(44)21(3)53-35)56-34-31(47)30(46)29(45)23(18-43)54-34/h8,19-21,23-35,43-48H,9-18H2,1-7H3,(H,49,50)(H,51,52)/t19-,20+,21-,23-,24+,25-,26+,27+,28-,29-,30+,31-,32+,33+,34+,35+,39+,40-,41+,42-/m1/s1. The average Bonchev–Trinajstić information content (AvgIpc) is 3.14. The van der Waals surface area contributed by atoms with E-state index in [0.717, 1.165) is 24.8 Å². The minimum atomic E-state index is -1.73. The molecule has 0 bridgehead atoms. The van der Waals surface area contributed by atoms with Gasteiger partial charge in [-0.1, -0.05) is 53.2 Å². The molecule has 0 unspecified atom stereocenters. The Morgan fingerprint density at radius 1 is 0.750 bits per heavy atom. The summed E-state index contributed by atoms with van der Waals surface area (Å²) in [5.74, 6) is -1.49. The van der Waals surface area contributed by atoms with Crippen LogP contribution in [0, 0.1) is 56.7 Å². The van der Waals surface area contributed by atoms with Gasteiger partial charge in [0.05, 0.1) is 29.6 Å². The summed E-state index contributed by atoms with van der Waals surface area (Å²) < 4.78 is 24.1. The second kappa shape index (κ2) is 14.5. The fourth-order valence-corrected chi connectivity index (χ4v) is 14.0. The number of rotatable bonds is 7. The van der Waals surface area contributed by atoms with Crippen molar-refractivity contribution in [3.63, 3.8) is 0 Å². The molecule has 0 amide bonds. The van der Waals surface area contributed by atoms with Crippen molar-refractivity contribution in [2.75, 3.05) is 6.61 Å². The number of hydrogen-bond acceptors (Lipinski definition) is 12. The van der Waals surface area contributed by atoms with E-state index in [2.05, 4.69) is 47.6 Å². The van der Waals surface area contributed by atoms with Crippen LogP contribution in [0.2, 0.25) is 0 Å². The van der Waals surface area contributed by atoms with Gasteiger partial charge >= 0.3 is 11.9 Å². The first kappa shape index (κ1) is 42.4. The Hall–Kier alpha value is -1.72. The summed E-state index contributed by atoms with van der Waals surface area (Å²) >= 11 is 0. The van der Waals surface area contributed by atoms with Crippen LogP contribution < -0.4 is 0 Å². The van der Waals surface area contributed by atoms with Crippen LogP contribution in [0.1, 0.15) is 106 Å². The van der Waals surface area contributed by atoms with Gasteiger partial charge in [0.1, 0.15) is 42.7 Å². The number of allylic oxidation sites excluding steroid dienone is 1. The van der Waals surface area contributed by atoms with Gasteiger partial charge in [-0.25, -0.2) is 0 Å². The number of carboxylic acid groups (broad SMARTS) is 2. The third-order valence-corrected chi connectivity index (χ3v) is 17.4. The monoisotopic (exact) mass is 794 g/mol. The summed E-state index contributed by atoms with van der Waals surface area (Å²) in [7, 11) is 0. The van der Waals surface area contributed by atoms with Gasteiger partial charge in [-0.05, 0) is 111 Å². The zero-order valence-electron chi connectivity index (χ0n) is 33.9. The molecule has 0 aromatic rings. The molecule has 2 heterocycles. The van der Waals surface area contributed by atoms with Crippen LogP contribution in [-0.4, -0.2) is 127 Å². The number of hydrogen-bond donors (Lipinski definition) is 8. The Morgan fingerprint density at radius 3 is 2.07 bits per heavy atom. The van der Waals surface area contributed by atoms with Crippen LogP contribution in [0.5, 0.6) is 0 Å². The predicted octanol–water partition coefficient (Wildman–Crippen LogP) is 2.83. The molecule has 7 aliphatic rings. The Kier molecular flexibility index (Phi) is 11.0. The fraction of sp³-hybridized carbons (Fsp3) is 0.905. The minimum absolute atomic E-state index is 0.0190. The molecular formula is C42H66O14. The fourth-order valence-electron chi connectivity index (χ4n) is 14.0. The van der Waals surface area contributed by atoms with Gasteiger partial charge in [0, 0.05) is 0 Å². The van der Waals surface area contributed by atoms with E-state index >= 15 is 0 Å². The van der Waals surface area contributed by atoms with Crippen LogP contribution >= 0.6 is 0 Å². The van der Waals surface area contributed by atoms with Gasteiger partial charge in [0.2, 0.25) is 0 Å². The number of carbonyl (C=O) groups is 2. The lowest BCUT2D eigenvalue weighted by Gasteiger charge is -2.70. The van der Waals surface area contributed by atoms with Crippen LogP contribution in [0.3, 0.4) is 0 Å². The van der Waals surface area contributed by atoms with E-state index in [1.54, 1.807) is 6.92 Å². The molecule has 5 aliphatic carbocycles. The number of aliphatic hydroxyl groups is 6. The van der Waals surface area contributed by atoms with Crippen molar-refractivity contribution >= 4 is 11.9 Å². The molecule has 8 N–H and O–H groups in total. The average molecular weight is 795 g/mol. The summed E-state index contributed by atoms with van der Waals surface area (Å²) in [5, 5.41) is 85.6. The number of ether oxygens (including phenoxy) is 4. The highest BCUT2D eigenvalue weighted by molar-refractivity contribution is 5.84. The lowest BCUT2D eigenvalue weighted by atomic mass is 9.33. The number of aliphatic carboxylic acids is 2. The van der Waals surface area contributed by atoms with E-state index in [-0.39, 0.29) is 29.1 Å². The highest BCUT2D eigenvalue weighted by Gasteiger charge is 2.73. The Morgan fingerprint density at radius 2 is 1.43 bits per heavy atom. The van der Waals surface area contributed by atoms with Gasteiger partial charge in [-0.15, -0.1) is 0 Å². The van der Waals surface area contributed by atoms with E-state index in [0.29, 0.717) is 44.4 Å². The smallest absolute Gasteiger partial charge is 0.314 e. The van der Waals surface area contributed by atoms with E-state index in [1.165, 1.54) is 0 Å². The minimum Gasteiger partial charge on any atom is -0.481 e. The van der Waals surface area contributed by atoms with Crippen molar-refractivity contribution in [1.82, 2.24) is 0 Å². The lowest BCUT2D eigenvalue weighted by Crippen LogP contribution is -2.68. The highest BCUT2D eigenvalue weighted by Crippen LogP contribution is 2.76. The quantitative estimate of drug-likeness (QED) is 0.137. The Labute approximate surface area is 329 Å². The van der Waals surface area contributed by atoms with E-state index in [9.17, 15) is 50.4 Å². The first-order valence-corrected chi connectivity index (χ1v) is 20.9. The molecular weight excluding hydrogens is 728 g/mol. The second-order valence-corrected chi connectivity index (χ2v) is 20.0. The maximum Gasteiger partial charge on any atom is 0.314 e. The van der Waals surface area contributed by atoms with E-state index < -0.39 is 108 Å². The van der Waals surface area contributed by atoms with E-state index in [4.69, 9.17) is 18.9 Å². The first-order chi connectivity index (χ1) is 26.1. The lowest BCUT2D eigenvalue weighted by molar-refractivity contribution is -0.366. The summed E-state index contributed by atoms with van der Waals surface area (Å²) in [4.78, 5) is 27.1. The summed E-state index contributed by atoms with van der Waals surface area (Å²) in [5.41, 5.74) is -2.61. The topological polar surface area (TPSA) is 233 Å². The molecule has 2 saturated heterocycles. The maximum atomic E-state index is 14.0. The molecule has 2 aliphatic heterocycles. The van der Waals surface area contributed by atoms with E-state index in [1.807, 2.05) is 0 Å². The summed E-state index contributed by atoms with van der Waals surface area (Å²) in [6.45, 7) is 14.0. The third-order valence-electron chi connectivity index (χ3n) is 17.4. The van der Waals surface area contributed by atoms with Crippen molar-refractivity contribution < 1.29 is 69.4 Å². The molecule has 7 rings (SSSR count). The van der Waals surface area contributed by atoms with Crippen molar-refractivity contribution in [3.05, 3.63) is 11.6 Å². The SMILES string of the molecule is C[C@H]1[C@H](C)CC[C@]2(C(=O)O)CC[C@]3(C(=O)O)C(=CC[C@@H]4[C@@]5(C)CC[C@H](O[C@@H]6O[C@H](C)[C@@H](O)[C@H](O[C@@H]7O[C@H](CO)[C@@H](O)[C@H](O)[C@H]7O)[C@@H]6O)C(C)(C)[C@@H]5CC[C@]43C)[C@H]12. The molecule has 14 heteroatoms. The van der Waals surface area contributed by atoms with Gasteiger partial charge < -0.3 is 59.8 Å². The zero-order chi connectivity index (χ0) is 41.1. The van der Waals surface area contributed by atoms with Crippen LogP contribution in [0.4, 0.5) is 0 Å². The van der Waals surface area contributed by atoms with Crippen molar-refractivity contribution in [2.45, 2.75) is 174 Å². The normalized spacial score (nSPS) is 54.1. The van der Waals surface area contributed by atoms with Crippen molar-refractivity contribution in [2.24, 2.45) is 56.7 Å². The molecule has 6 fully saturated rings. The highest BCUT2D eigenvalue weighted by atomic mass is 16.7. The molecule has 20 atom stereocenters. The van der Waals surface area contributed by atoms with Crippen molar-refractivity contribution in [1.29, 1.82) is 0 Å². The van der Waals surface area contributed by atoms with Crippen LogP contribution in [0.25, 0.3) is 0 Å². The molecule has 318 valence electrons. The molecule has 0 aromatic carbocycles. The number of carboxylic acids is 2. The van der Waals surface area contributed by atoms with Crippen LogP contribution in [0.15, 0.2) is 11.6 Å². The van der Waals surface area contributed by atoms with Gasteiger partial charge in [-0.2, -0.15) is 0 Å². The number of aliphatic hydroxyl groups excluding tert-OH is 6. The predicted molar refractivity (Wildman–Crippen MR) is 198 cm³/mol. The van der Waals surface area contributed by atoms with Crippen molar-refractivity contribution in [3.8, 4) is 0 Å². The summed E-state index contributed by atoms with van der Waals surface area (Å²) in [6.07, 6.45) is -7.03. The molecule has 56 heavy (non-hydrogen) atoms. The molecule has 0 radical (unpaired) electrons. The summed E-state index contributed by atoms with van der Waals surface area (Å²) in [6, 6.07) is 0. The van der Waals surface area contributed by atoms with Gasteiger partial charge in [0.15, 0.2) is 12.6 Å². The molecule has 0 aromatic heterocycles. The molecule has 0 spiro atoms. The second-order valence-electron chi connectivity index (χ2n) is 20.0. The number of fused-ring (bicyclic) bond motifs is 7. The van der Waals surface area contributed by atoms with Gasteiger partial charge in [0.25, 0.3) is 0 Å². The maximum absolute atomic E-state index is 14.0. The Balaban J connectivity index is 1.14. The molecule has 14 nitrogen and oxygen atoms in total. The first-order valence-electron chi connectivity index (χ1n) is 20.9. The van der Waals surface area contributed by atoms with Crippen LogP contribution in [-0.2, 0) is 28.5 Å². The molecule has 4 saturated carbocycles. The van der Waals surface area contributed by atoms with Gasteiger partial charge in [-0.3, -0.25) is 9.59 Å². The third kappa shape index (κ3) is 5.85. The zero-order valence-corrected chi connectivity index (χ0v) is 33.9. The largest absolute Gasteiger partial charge is 0.481 e. The Bertz CT molecular complexity index is 1550.